The summed E-state index contributed by atoms with van der Waals surface area (Å²) in [6.45, 7) is 0.530. The van der Waals surface area contributed by atoms with Gasteiger partial charge in [0.05, 0.1) is 38.3 Å². The molecule has 0 aromatic carbocycles. The Morgan fingerprint density at radius 2 is 2.07 bits per heavy atom. The van der Waals surface area contributed by atoms with Crippen molar-refractivity contribution in [2.45, 2.75) is 6.61 Å². The third-order valence-corrected chi connectivity index (χ3v) is 1.74. The van der Waals surface area contributed by atoms with Gasteiger partial charge < -0.3 is 14.9 Å². The van der Waals surface area contributed by atoms with Crippen LogP contribution in [-0.4, -0.2) is 40.0 Å². The minimum Gasteiger partial charge on any atom is -0.396 e. The second-order valence-corrected chi connectivity index (χ2v) is 2.94. The molecule has 5 heteroatoms. The number of nitrogens with zero attached hydrogens (tertiary/aromatic N) is 2. The molecule has 2 N–H and O–H groups in total. The molecule has 0 aliphatic rings. The lowest BCUT2D eigenvalue weighted by Crippen LogP contribution is -2.17. The first-order valence-corrected chi connectivity index (χ1v) is 4.41. The highest BCUT2D eigenvalue weighted by molar-refractivity contribution is 4.91. The van der Waals surface area contributed by atoms with E-state index in [4.69, 9.17) is 14.9 Å². The molecule has 0 amide bonds. The average molecular weight is 198 g/mol. The summed E-state index contributed by atoms with van der Waals surface area (Å²) in [5.74, 6) is -0.216. The molecule has 0 bridgehead atoms. The number of hydrogen-bond donors (Lipinski definition) is 2. The Morgan fingerprint density at radius 1 is 1.29 bits per heavy atom. The summed E-state index contributed by atoms with van der Waals surface area (Å²) in [5, 5.41) is 17.5. The number of aromatic nitrogens is 2. The summed E-state index contributed by atoms with van der Waals surface area (Å²) in [6, 6.07) is 0. The summed E-state index contributed by atoms with van der Waals surface area (Å²) in [4.78, 5) is 7.90. The van der Waals surface area contributed by atoms with E-state index in [1.165, 1.54) is 0 Å². The van der Waals surface area contributed by atoms with Crippen molar-refractivity contribution < 1.29 is 14.9 Å². The summed E-state index contributed by atoms with van der Waals surface area (Å²) in [7, 11) is 0. The summed E-state index contributed by atoms with van der Waals surface area (Å²) in [5.41, 5.74) is 0.738. The van der Waals surface area contributed by atoms with Crippen molar-refractivity contribution in [2.24, 2.45) is 5.92 Å². The maximum Gasteiger partial charge on any atom is 0.0903 e. The highest BCUT2D eigenvalue weighted by atomic mass is 16.5. The predicted molar refractivity (Wildman–Crippen MR) is 49.3 cm³/mol. The Labute approximate surface area is 82.4 Å². The molecule has 78 valence electrons. The van der Waals surface area contributed by atoms with Gasteiger partial charge in [-0.2, -0.15) is 0 Å². The van der Waals surface area contributed by atoms with Gasteiger partial charge in [-0.25, -0.2) is 0 Å². The maximum atomic E-state index is 8.76. The number of aliphatic hydroxyl groups is 2. The third-order valence-electron chi connectivity index (χ3n) is 1.74. The fourth-order valence-electron chi connectivity index (χ4n) is 0.898. The summed E-state index contributed by atoms with van der Waals surface area (Å²) in [6.07, 6.45) is 4.80. The fraction of sp³-hybridized carbons (Fsp3) is 0.556. The van der Waals surface area contributed by atoms with E-state index in [-0.39, 0.29) is 19.1 Å². The average Bonchev–Trinajstić information content (AvgIpc) is 2.26. The smallest absolute Gasteiger partial charge is 0.0903 e. The van der Waals surface area contributed by atoms with Crippen molar-refractivity contribution in [3.05, 3.63) is 24.3 Å². The summed E-state index contributed by atoms with van der Waals surface area (Å²) < 4.78 is 5.24. The van der Waals surface area contributed by atoms with E-state index >= 15 is 0 Å². The largest absolute Gasteiger partial charge is 0.396 e. The van der Waals surface area contributed by atoms with Crippen molar-refractivity contribution in [2.75, 3.05) is 19.8 Å². The van der Waals surface area contributed by atoms with Gasteiger partial charge in [-0.15, -0.1) is 0 Å². The molecule has 0 aliphatic heterocycles. The van der Waals surface area contributed by atoms with E-state index in [9.17, 15) is 0 Å². The SMILES string of the molecule is OCC(CO)COCc1cnccn1. The number of ether oxygens (including phenoxy) is 1. The summed E-state index contributed by atoms with van der Waals surface area (Å²) >= 11 is 0. The molecule has 0 unspecified atom stereocenters. The standard InChI is InChI=1S/C9H14N2O3/c12-4-8(5-13)6-14-7-9-3-10-1-2-11-9/h1-3,8,12-13H,4-7H2. The second-order valence-electron chi connectivity index (χ2n) is 2.94. The van der Waals surface area contributed by atoms with E-state index in [0.717, 1.165) is 5.69 Å². The van der Waals surface area contributed by atoms with E-state index in [0.29, 0.717) is 13.2 Å². The molecule has 1 rings (SSSR count). The highest BCUT2D eigenvalue weighted by Crippen LogP contribution is 1.98. The van der Waals surface area contributed by atoms with Crippen molar-refractivity contribution in [3.8, 4) is 0 Å². The Bertz CT molecular complexity index is 239. The van der Waals surface area contributed by atoms with Crippen LogP contribution >= 0.6 is 0 Å². The van der Waals surface area contributed by atoms with E-state index in [2.05, 4.69) is 9.97 Å². The van der Waals surface area contributed by atoms with E-state index in [1.807, 2.05) is 0 Å². The minimum absolute atomic E-state index is 0.0725. The molecule has 1 heterocycles. The number of aliphatic hydroxyl groups excluding tert-OH is 2. The zero-order chi connectivity index (χ0) is 10.2. The normalized spacial score (nSPS) is 10.8. The van der Waals surface area contributed by atoms with Gasteiger partial charge in [-0.05, 0) is 0 Å². The molecule has 0 saturated carbocycles. The van der Waals surface area contributed by atoms with Gasteiger partial charge >= 0.3 is 0 Å². The Balaban J connectivity index is 2.21. The third kappa shape index (κ3) is 3.78. The lowest BCUT2D eigenvalue weighted by molar-refractivity contribution is 0.0359. The van der Waals surface area contributed by atoms with Gasteiger partial charge in [0.15, 0.2) is 0 Å². The predicted octanol–water partition coefficient (Wildman–Crippen LogP) is -0.406. The molecule has 0 aliphatic carbocycles. The lowest BCUT2D eigenvalue weighted by Gasteiger charge is -2.10. The minimum atomic E-state index is -0.216. The zero-order valence-electron chi connectivity index (χ0n) is 7.83. The Morgan fingerprint density at radius 3 is 2.64 bits per heavy atom. The first kappa shape index (κ1) is 11.0. The van der Waals surface area contributed by atoms with Crippen molar-refractivity contribution >= 4 is 0 Å². The lowest BCUT2D eigenvalue weighted by atomic mass is 10.2. The Hall–Kier alpha value is -1.04. The van der Waals surface area contributed by atoms with Crippen LogP contribution in [0.5, 0.6) is 0 Å². The quantitative estimate of drug-likeness (QED) is 0.650. The van der Waals surface area contributed by atoms with Gasteiger partial charge in [-0.1, -0.05) is 0 Å². The molecule has 5 nitrogen and oxygen atoms in total. The molecule has 0 spiro atoms. The maximum absolute atomic E-state index is 8.76. The molecule has 0 saturated heterocycles. The van der Waals surface area contributed by atoms with Crippen LogP contribution in [0, 0.1) is 5.92 Å². The van der Waals surface area contributed by atoms with Crippen LogP contribution < -0.4 is 0 Å². The highest BCUT2D eigenvalue weighted by Gasteiger charge is 2.05. The first-order valence-electron chi connectivity index (χ1n) is 4.41. The van der Waals surface area contributed by atoms with Gasteiger partial charge in [0.2, 0.25) is 0 Å². The van der Waals surface area contributed by atoms with Gasteiger partial charge in [0.25, 0.3) is 0 Å². The van der Waals surface area contributed by atoms with Crippen LogP contribution in [0.3, 0.4) is 0 Å². The van der Waals surface area contributed by atoms with Crippen LogP contribution in [0.4, 0.5) is 0 Å². The molecule has 1 aromatic heterocycles. The van der Waals surface area contributed by atoms with Crippen molar-refractivity contribution in [1.29, 1.82) is 0 Å². The fourth-order valence-corrected chi connectivity index (χ4v) is 0.898. The monoisotopic (exact) mass is 198 g/mol. The second kappa shape index (κ2) is 6.42. The van der Waals surface area contributed by atoms with Crippen LogP contribution in [0.1, 0.15) is 5.69 Å². The molecule has 0 radical (unpaired) electrons. The zero-order valence-corrected chi connectivity index (χ0v) is 7.83. The molecular weight excluding hydrogens is 184 g/mol. The molecule has 0 fully saturated rings. The van der Waals surface area contributed by atoms with Crippen molar-refractivity contribution in [1.82, 2.24) is 9.97 Å². The van der Waals surface area contributed by atoms with Gasteiger partial charge in [0.1, 0.15) is 0 Å². The van der Waals surface area contributed by atoms with Crippen LogP contribution in [-0.2, 0) is 11.3 Å². The van der Waals surface area contributed by atoms with Crippen LogP contribution in [0.2, 0.25) is 0 Å². The number of hydrogen-bond acceptors (Lipinski definition) is 5. The van der Waals surface area contributed by atoms with Gasteiger partial charge in [0, 0.05) is 18.3 Å². The van der Waals surface area contributed by atoms with Crippen LogP contribution in [0.25, 0.3) is 0 Å². The molecule has 14 heavy (non-hydrogen) atoms. The van der Waals surface area contributed by atoms with Crippen molar-refractivity contribution in [3.63, 3.8) is 0 Å². The van der Waals surface area contributed by atoms with Crippen LogP contribution in [0.15, 0.2) is 18.6 Å². The molecule has 0 atom stereocenters. The van der Waals surface area contributed by atoms with E-state index < -0.39 is 0 Å². The molecule has 1 aromatic rings. The van der Waals surface area contributed by atoms with E-state index in [1.54, 1.807) is 18.6 Å². The topological polar surface area (TPSA) is 75.5 Å². The van der Waals surface area contributed by atoms with Gasteiger partial charge in [-0.3, -0.25) is 9.97 Å². The molecular formula is C9H14N2O3. The number of rotatable bonds is 6. The Kier molecular flexibility index (Phi) is 5.06. The first-order chi connectivity index (χ1) is 6.86.